The number of piperidine rings is 1. The van der Waals surface area contributed by atoms with Crippen LogP contribution in [0.15, 0.2) is 41.3 Å². The van der Waals surface area contributed by atoms with Crippen LogP contribution in [0.2, 0.25) is 5.02 Å². The number of aromatic amines is 2. The number of aromatic nitrogens is 3. The molecule has 1 fully saturated rings. The fourth-order valence-electron chi connectivity index (χ4n) is 5.62. The average Bonchev–Trinajstić information content (AvgIpc) is 3.40. The number of nitrogens with zero attached hydrogens (tertiary/aromatic N) is 3. The van der Waals surface area contributed by atoms with Crippen LogP contribution in [0.1, 0.15) is 40.7 Å². The van der Waals surface area contributed by atoms with Crippen molar-refractivity contribution in [2.24, 2.45) is 0 Å². The first-order chi connectivity index (χ1) is 20.6. The second-order valence-corrected chi connectivity index (χ2v) is 11.6. The van der Waals surface area contributed by atoms with Crippen LogP contribution in [0.4, 0.5) is 14.5 Å². The zero-order chi connectivity index (χ0) is 30.7. The van der Waals surface area contributed by atoms with Crippen LogP contribution in [0.25, 0.3) is 22.4 Å². The number of carbonyl (C=O) groups excluding carboxylic acids is 1. The highest BCUT2D eigenvalue weighted by Gasteiger charge is 2.22. The fraction of sp³-hybridized carbons (Fsp3) is 0.387. The van der Waals surface area contributed by atoms with E-state index in [1.165, 1.54) is 6.20 Å². The van der Waals surface area contributed by atoms with Gasteiger partial charge in [-0.2, -0.15) is 0 Å². The Hall–Kier alpha value is -3.64. The highest BCUT2D eigenvalue weighted by Crippen LogP contribution is 2.28. The van der Waals surface area contributed by atoms with Crippen LogP contribution in [-0.2, 0) is 13.0 Å². The van der Waals surface area contributed by atoms with Gasteiger partial charge in [-0.3, -0.25) is 14.5 Å². The van der Waals surface area contributed by atoms with Crippen molar-refractivity contribution in [3.8, 4) is 11.4 Å². The number of aliphatic hydroxyl groups is 1. The molecular weight excluding hydrogens is 578 g/mol. The van der Waals surface area contributed by atoms with Gasteiger partial charge in [0.25, 0.3) is 5.56 Å². The van der Waals surface area contributed by atoms with E-state index in [9.17, 15) is 23.5 Å². The molecule has 0 radical (unpaired) electrons. The zero-order valence-electron chi connectivity index (χ0n) is 24.1. The predicted octanol–water partition coefficient (Wildman–Crippen LogP) is 4.59. The first-order valence-electron chi connectivity index (χ1n) is 14.3. The third kappa shape index (κ3) is 6.96. The topological polar surface area (TPSA) is 117 Å². The van der Waals surface area contributed by atoms with E-state index in [1.807, 2.05) is 6.07 Å². The summed E-state index contributed by atoms with van der Waals surface area (Å²) < 4.78 is 27.9. The lowest BCUT2D eigenvalue weighted by Crippen LogP contribution is -2.41. The zero-order valence-corrected chi connectivity index (χ0v) is 24.8. The van der Waals surface area contributed by atoms with Crippen LogP contribution < -0.4 is 10.9 Å². The lowest BCUT2D eigenvalue weighted by Gasteiger charge is -2.35. The number of hydrogen-bond acceptors (Lipinski definition) is 7. The molecule has 1 aliphatic rings. The Kier molecular flexibility index (Phi) is 9.55. The molecule has 228 valence electrons. The molecular formula is C31H35ClF2N6O3. The number of carbonyl (C=O) groups is 1. The molecule has 43 heavy (non-hydrogen) atoms. The highest BCUT2D eigenvalue weighted by atomic mass is 35.5. The number of imidazole rings is 1. The van der Waals surface area contributed by atoms with Gasteiger partial charge < -0.3 is 25.3 Å². The van der Waals surface area contributed by atoms with Gasteiger partial charge in [-0.05, 0) is 88.8 Å². The minimum absolute atomic E-state index is 0.00596. The molecule has 1 unspecified atom stereocenters. The van der Waals surface area contributed by atoms with Gasteiger partial charge in [0.2, 0.25) is 0 Å². The Labute approximate surface area is 252 Å². The van der Waals surface area contributed by atoms with E-state index >= 15 is 0 Å². The standard InChI is InChI=1S/C31H35ClF2N6O3/c1-39-11-8-20(9-12-39)40(2)16-18-13-26-27(14-19(18)17-41)38-30(37-26)28-25(7-10-35-31(28)43)36-15-21(42)3-4-22-23(33)5-6-24(34)29(22)32/h5-7,10,13-14,17,20-21,42H,3-4,8-9,11-12,15-16H2,1-2H3,(H,37,38)(H2,35,36,43). The molecule has 12 heteroatoms. The number of aliphatic hydroxyl groups excluding tert-OH is 1. The third-order valence-electron chi connectivity index (χ3n) is 8.19. The molecule has 0 bridgehead atoms. The van der Waals surface area contributed by atoms with E-state index in [-0.39, 0.29) is 35.5 Å². The quantitative estimate of drug-likeness (QED) is 0.145. The Bertz CT molecular complexity index is 1670. The number of likely N-dealkylation sites (tertiary alicyclic amines) is 1. The molecule has 3 heterocycles. The van der Waals surface area contributed by atoms with Gasteiger partial charge in [0.05, 0.1) is 27.8 Å². The predicted molar refractivity (Wildman–Crippen MR) is 164 cm³/mol. The van der Waals surface area contributed by atoms with E-state index in [0.717, 1.165) is 49.9 Å². The number of hydrogen-bond donors (Lipinski definition) is 4. The maximum absolute atomic E-state index is 14.1. The second kappa shape index (κ2) is 13.3. The molecule has 2 aromatic carbocycles. The van der Waals surface area contributed by atoms with Crippen molar-refractivity contribution in [3.63, 3.8) is 0 Å². The van der Waals surface area contributed by atoms with Crippen molar-refractivity contribution in [1.29, 1.82) is 0 Å². The van der Waals surface area contributed by atoms with Gasteiger partial charge in [0, 0.05) is 36.5 Å². The van der Waals surface area contributed by atoms with Crippen molar-refractivity contribution < 1.29 is 18.7 Å². The highest BCUT2D eigenvalue weighted by molar-refractivity contribution is 6.31. The number of halogens is 3. The Morgan fingerprint density at radius 2 is 1.98 bits per heavy atom. The van der Waals surface area contributed by atoms with E-state index in [2.05, 4.69) is 44.2 Å². The molecule has 4 aromatic rings. The third-order valence-corrected chi connectivity index (χ3v) is 8.60. The fourth-order valence-corrected chi connectivity index (χ4v) is 5.86. The minimum atomic E-state index is -0.944. The molecule has 1 atom stereocenters. The van der Waals surface area contributed by atoms with Crippen LogP contribution in [0.3, 0.4) is 0 Å². The molecule has 0 aliphatic carbocycles. The molecule has 2 aromatic heterocycles. The minimum Gasteiger partial charge on any atom is -0.391 e. The smallest absolute Gasteiger partial charge is 0.261 e. The van der Waals surface area contributed by atoms with Gasteiger partial charge >= 0.3 is 0 Å². The molecule has 4 N–H and O–H groups in total. The largest absolute Gasteiger partial charge is 0.391 e. The first kappa shape index (κ1) is 30.8. The van der Waals surface area contributed by atoms with Crippen molar-refractivity contribution in [2.45, 2.75) is 44.4 Å². The summed E-state index contributed by atoms with van der Waals surface area (Å²) in [6.07, 6.45) is 3.64. The normalized spacial score (nSPS) is 15.3. The maximum atomic E-state index is 14.1. The Balaban J connectivity index is 1.33. The number of pyridine rings is 1. The summed E-state index contributed by atoms with van der Waals surface area (Å²) in [7, 11) is 4.20. The number of rotatable bonds is 11. The summed E-state index contributed by atoms with van der Waals surface area (Å²) in [4.78, 5) is 40.0. The molecule has 1 saturated heterocycles. The van der Waals surface area contributed by atoms with Crippen LogP contribution in [-0.4, -0.2) is 82.0 Å². The number of anilines is 1. The van der Waals surface area contributed by atoms with Crippen LogP contribution in [0, 0.1) is 11.6 Å². The van der Waals surface area contributed by atoms with Gasteiger partial charge in [0.1, 0.15) is 29.3 Å². The van der Waals surface area contributed by atoms with Crippen molar-refractivity contribution >= 4 is 34.6 Å². The van der Waals surface area contributed by atoms with E-state index in [0.29, 0.717) is 40.7 Å². The number of H-pyrrole nitrogens is 2. The Morgan fingerprint density at radius 3 is 2.72 bits per heavy atom. The number of fused-ring (bicyclic) bond motifs is 1. The van der Waals surface area contributed by atoms with Crippen LogP contribution >= 0.6 is 11.6 Å². The summed E-state index contributed by atoms with van der Waals surface area (Å²) >= 11 is 5.90. The second-order valence-electron chi connectivity index (χ2n) is 11.2. The first-order valence-corrected chi connectivity index (χ1v) is 14.6. The summed E-state index contributed by atoms with van der Waals surface area (Å²) in [6, 6.07) is 7.68. The van der Waals surface area contributed by atoms with Crippen molar-refractivity contribution in [1.82, 2.24) is 24.8 Å². The van der Waals surface area contributed by atoms with Gasteiger partial charge in [-0.1, -0.05) is 11.6 Å². The lowest BCUT2D eigenvalue weighted by molar-refractivity contribution is 0.111. The van der Waals surface area contributed by atoms with E-state index < -0.39 is 23.3 Å². The molecule has 0 spiro atoms. The lowest BCUT2D eigenvalue weighted by atomic mass is 10.0. The molecule has 5 rings (SSSR count). The Morgan fingerprint density at radius 1 is 1.23 bits per heavy atom. The number of nitrogens with one attached hydrogen (secondary N) is 3. The van der Waals surface area contributed by atoms with E-state index in [4.69, 9.17) is 11.6 Å². The molecule has 0 saturated carbocycles. The van der Waals surface area contributed by atoms with Gasteiger partial charge in [0.15, 0.2) is 0 Å². The SMILES string of the molecule is CN1CCC(N(C)Cc2cc3[nH]c(-c4c(NCC(O)CCc5c(F)ccc(F)c5Cl)cc[nH]c4=O)nc3cc2C=O)CC1. The molecule has 1 aliphatic heterocycles. The molecule has 9 nitrogen and oxygen atoms in total. The number of aldehydes is 1. The summed E-state index contributed by atoms with van der Waals surface area (Å²) in [5, 5.41) is 13.3. The number of benzene rings is 2. The summed E-state index contributed by atoms with van der Waals surface area (Å²) in [6.45, 7) is 2.72. The summed E-state index contributed by atoms with van der Waals surface area (Å²) in [5.74, 6) is -1.05. The average molecular weight is 613 g/mol. The van der Waals surface area contributed by atoms with E-state index in [1.54, 1.807) is 12.1 Å². The van der Waals surface area contributed by atoms with Crippen LogP contribution in [0.5, 0.6) is 0 Å². The van der Waals surface area contributed by atoms with Gasteiger partial charge in [-0.15, -0.1) is 0 Å². The monoisotopic (exact) mass is 612 g/mol. The van der Waals surface area contributed by atoms with Gasteiger partial charge in [-0.25, -0.2) is 13.8 Å². The van der Waals surface area contributed by atoms with Crippen molar-refractivity contribution in [3.05, 3.63) is 80.2 Å². The summed E-state index contributed by atoms with van der Waals surface area (Å²) in [5.41, 5.74) is 2.93. The van der Waals surface area contributed by atoms with Crippen molar-refractivity contribution in [2.75, 3.05) is 39.0 Å². The molecule has 0 amide bonds. The maximum Gasteiger partial charge on any atom is 0.261 e.